The maximum absolute atomic E-state index is 14.7. The van der Waals surface area contributed by atoms with E-state index in [-0.39, 0.29) is 63.2 Å². The molecule has 17 heteroatoms. The molecule has 14 nitrogen and oxygen atoms in total. The Labute approximate surface area is 254 Å². The number of piperidine rings is 1. The predicted molar refractivity (Wildman–Crippen MR) is 155 cm³/mol. The van der Waals surface area contributed by atoms with Gasteiger partial charge in [-0.15, -0.1) is 0 Å². The van der Waals surface area contributed by atoms with Gasteiger partial charge in [-0.1, -0.05) is 0 Å². The predicted octanol–water partition coefficient (Wildman–Crippen LogP) is 2.79. The third-order valence-electron chi connectivity index (χ3n) is 8.48. The molecular weight excluding hydrogens is 610 g/mol. The maximum atomic E-state index is 14.7. The van der Waals surface area contributed by atoms with Crippen molar-refractivity contribution in [3.05, 3.63) is 60.2 Å². The number of hydrogen-bond acceptors (Lipinski definition) is 11. The fourth-order valence-electron chi connectivity index (χ4n) is 6.51. The molecule has 0 aliphatic carbocycles. The number of hydrogen-bond donors (Lipinski definition) is 2. The van der Waals surface area contributed by atoms with E-state index >= 15 is 0 Å². The van der Waals surface area contributed by atoms with Crippen molar-refractivity contribution in [2.24, 2.45) is 0 Å². The Hall–Kier alpha value is -5.06. The van der Waals surface area contributed by atoms with E-state index in [2.05, 4.69) is 30.2 Å². The van der Waals surface area contributed by atoms with Gasteiger partial charge in [0.15, 0.2) is 32.9 Å². The Kier molecular flexibility index (Phi) is 6.72. The molecule has 2 saturated heterocycles. The van der Waals surface area contributed by atoms with Crippen molar-refractivity contribution in [3.8, 4) is 28.3 Å². The topological polar surface area (TPSA) is 187 Å². The number of nitrogens with one attached hydrogen (secondary N) is 1. The number of carbonyl (C=O) groups excluding carboxylic acids is 1. The van der Waals surface area contributed by atoms with E-state index in [0.29, 0.717) is 29.7 Å². The molecule has 3 N–H and O–H groups in total. The largest absolute Gasteiger partial charge is 0.494 e. The third kappa shape index (κ3) is 4.65. The molecule has 2 fully saturated rings. The summed E-state index contributed by atoms with van der Waals surface area (Å²) in [7, 11) is -2.61. The number of carbonyl (C=O) groups is 1. The lowest BCUT2D eigenvalue weighted by molar-refractivity contribution is 0.0556. The minimum atomic E-state index is -3.84. The van der Waals surface area contributed by atoms with Crippen molar-refractivity contribution in [3.63, 3.8) is 0 Å². The number of sulfone groups is 1. The number of aromatic amines is 1. The van der Waals surface area contributed by atoms with Crippen LogP contribution in [-0.4, -0.2) is 84.4 Å². The second kappa shape index (κ2) is 10.5. The van der Waals surface area contributed by atoms with Gasteiger partial charge in [0.05, 0.1) is 24.6 Å². The lowest BCUT2D eigenvalue weighted by Gasteiger charge is -2.38. The quantitative estimate of drug-likeness (QED) is 0.279. The highest BCUT2D eigenvalue weighted by molar-refractivity contribution is 7.91. The molecule has 1 unspecified atom stereocenters. The standard InChI is InChI=1S/C28H26F2N10O4S/c1-44-19-6-5-17(20(29)21(19)30)25-32-9-14(10-33-25)18-11-36-40-24(31)23(45(2,42)43)22(37-27(18)40)13-7-15-3-4-16(8-13)39(15)28(41)26-34-12-35-38-26/h5-6,9-13,15-16H,3-4,7-8,31H2,1-2H3,(H,34,35,38)/t13?,15-,16+. The van der Waals surface area contributed by atoms with Crippen LogP contribution in [0.15, 0.2) is 41.9 Å². The summed E-state index contributed by atoms with van der Waals surface area (Å²) in [5, 5.41) is 10.7. The average Bonchev–Trinajstić information content (AvgIpc) is 3.76. The van der Waals surface area contributed by atoms with Gasteiger partial charge in [0.25, 0.3) is 5.91 Å². The normalized spacial score (nSPS) is 19.7. The molecule has 232 valence electrons. The van der Waals surface area contributed by atoms with Crippen LogP contribution in [0.2, 0.25) is 0 Å². The lowest BCUT2D eigenvalue weighted by atomic mass is 9.87. The molecule has 3 atom stereocenters. The fraction of sp³-hybridized carbons (Fsp3) is 0.321. The van der Waals surface area contributed by atoms with Gasteiger partial charge in [-0.3, -0.25) is 9.89 Å². The fourth-order valence-corrected chi connectivity index (χ4v) is 7.57. The summed E-state index contributed by atoms with van der Waals surface area (Å²) in [6.45, 7) is 0. The van der Waals surface area contributed by atoms with Gasteiger partial charge in [0, 0.05) is 47.8 Å². The first-order chi connectivity index (χ1) is 21.6. The van der Waals surface area contributed by atoms with Crippen LogP contribution < -0.4 is 10.5 Å². The molecule has 2 bridgehead atoms. The van der Waals surface area contributed by atoms with Gasteiger partial charge in [0.1, 0.15) is 17.0 Å². The number of halogens is 2. The summed E-state index contributed by atoms with van der Waals surface area (Å²) >= 11 is 0. The number of aromatic nitrogens is 8. The first kappa shape index (κ1) is 28.7. The number of ether oxygens (including phenoxy) is 1. The second-order valence-electron chi connectivity index (χ2n) is 11.1. The number of amides is 1. The number of nitrogen functional groups attached to an aromatic ring is 1. The van der Waals surface area contributed by atoms with E-state index in [1.807, 2.05) is 0 Å². The van der Waals surface area contributed by atoms with Crippen molar-refractivity contribution < 1.29 is 26.7 Å². The Morgan fingerprint density at radius 1 is 1.04 bits per heavy atom. The number of anilines is 1. The molecular formula is C28H26F2N10O4S. The zero-order valence-electron chi connectivity index (χ0n) is 24.0. The van der Waals surface area contributed by atoms with Crippen molar-refractivity contribution in [2.75, 3.05) is 19.1 Å². The van der Waals surface area contributed by atoms with E-state index in [4.69, 9.17) is 15.5 Å². The monoisotopic (exact) mass is 636 g/mol. The van der Waals surface area contributed by atoms with E-state index in [9.17, 15) is 22.0 Å². The summed E-state index contributed by atoms with van der Waals surface area (Å²) in [5.74, 6) is -3.09. The second-order valence-corrected chi connectivity index (χ2v) is 13.1. The summed E-state index contributed by atoms with van der Waals surface area (Å²) in [6.07, 6.45) is 9.11. The molecule has 5 aromatic rings. The minimum Gasteiger partial charge on any atom is -0.494 e. The van der Waals surface area contributed by atoms with E-state index in [1.54, 1.807) is 4.90 Å². The van der Waals surface area contributed by atoms with Gasteiger partial charge in [-0.25, -0.2) is 32.7 Å². The number of fused-ring (bicyclic) bond motifs is 3. The number of methoxy groups -OCH3 is 1. The molecule has 45 heavy (non-hydrogen) atoms. The molecule has 2 aliphatic rings. The van der Waals surface area contributed by atoms with E-state index in [1.165, 1.54) is 48.7 Å². The maximum Gasteiger partial charge on any atom is 0.291 e. The number of benzene rings is 1. The first-order valence-electron chi connectivity index (χ1n) is 14.0. The SMILES string of the molecule is COc1ccc(-c2ncc(-c3cnn4c(N)c(S(C)(=O)=O)c(C5C[C@H]6CC[C@@H](C5)N6C(=O)c5ncn[nH]5)nc34)cn2)c(F)c1F. The van der Waals surface area contributed by atoms with Gasteiger partial charge in [-0.2, -0.15) is 19.1 Å². The molecule has 0 radical (unpaired) electrons. The smallest absolute Gasteiger partial charge is 0.291 e. The molecule has 2 aliphatic heterocycles. The summed E-state index contributed by atoms with van der Waals surface area (Å²) in [4.78, 5) is 32.2. The zero-order chi connectivity index (χ0) is 31.6. The van der Waals surface area contributed by atoms with Gasteiger partial charge < -0.3 is 15.4 Å². The van der Waals surface area contributed by atoms with Crippen molar-refractivity contribution in [2.45, 2.75) is 48.6 Å². The highest BCUT2D eigenvalue weighted by atomic mass is 32.2. The number of nitrogens with two attached hydrogens (primary N) is 1. The third-order valence-corrected chi connectivity index (χ3v) is 9.64. The van der Waals surface area contributed by atoms with E-state index < -0.39 is 21.5 Å². The lowest BCUT2D eigenvalue weighted by Crippen LogP contribution is -2.46. The first-order valence-corrected chi connectivity index (χ1v) is 15.9. The van der Waals surface area contributed by atoms with Crippen LogP contribution in [0.1, 0.15) is 47.9 Å². The van der Waals surface area contributed by atoms with Crippen LogP contribution in [0.25, 0.3) is 28.2 Å². The van der Waals surface area contributed by atoms with Crippen LogP contribution in [0.5, 0.6) is 5.75 Å². The van der Waals surface area contributed by atoms with Gasteiger partial charge in [-0.05, 0) is 37.8 Å². The van der Waals surface area contributed by atoms with E-state index in [0.717, 1.165) is 19.1 Å². The molecule has 1 amide bonds. The molecule has 6 heterocycles. The summed E-state index contributed by atoms with van der Waals surface area (Å²) < 4.78 is 61.2. The Bertz CT molecular complexity index is 2060. The minimum absolute atomic E-state index is 0.0519. The number of H-pyrrole nitrogens is 1. The van der Waals surface area contributed by atoms with Gasteiger partial charge >= 0.3 is 0 Å². The molecule has 0 spiro atoms. The summed E-state index contributed by atoms with van der Waals surface area (Å²) in [5.41, 5.74) is 7.80. The van der Waals surface area contributed by atoms with Crippen molar-refractivity contribution >= 4 is 27.2 Å². The van der Waals surface area contributed by atoms with Crippen LogP contribution in [0, 0.1) is 11.6 Å². The average molecular weight is 637 g/mol. The Balaban J connectivity index is 1.27. The van der Waals surface area contributed by atoms with Crippen LogP contribution in [0.3, 0.4) is 0 Å². The summed E-state index contributed by atoms with van der Waals surface area (Å²) in [6, 6.07) is 2.31. The highest BCUT2D eigenvalue weighted by Gasteiger charge is 2.46. The van der Waals surface area contributed by atoms with Crippen LogP contribution in [-0.2, 0) is 9.84 Å². The van der Waals surface area contributed by atoms with Crippen LogP contribution in [0.4, 0.5) is 14.6 Å². The number of rotatable bonds is 6. The van der Waals surface area contributed by atoms with Crippen molar-refractivity contribution in [1.29, 1.82) is 0 Å². The molecule has 4 aromatic heterocycles. The highest BCUT2D eigenvalue weighted by Crippen LogP contribution is 2.45. The zero-order valence-corrected chi connectivity index (χ0v) is 24.8. The number of nitrogens with zero attached hydrogens (tertiary/aromatic N) is 8. The Morgan fingerprint density at radius 3 is 2.38 bits per heavy atom. The van der Waals surface area contributed by atoms with Crippen molar-refractivity contribution in [1.82, 2.24) is 44.6 Å². The molecule has 7 rings (SSSR count). The molecule has 0 saturated carbocycles. The Morgan fingerprint density at radius 2 is 1.76 bits per heavy atom. The molecule has 1 aromatic carbocycles. The van der Waals surface area contributed by atoms with Crippen LogP contribution >= 0.6 is 0 Å². The van der Waals surface area contributed by atoms with Gasteiger partial charge in [0.2, 0.25) is 11.6 Å².